The van der Waals surface area contributed by atoms with Crippen LogP contribution in [-0.4, -0.2) is 14.1 Å². The van der Waals surface area contributed by atoms with Crippen LogP contribution in [0, 0.1) is 17.9 Å². The van der Waals surface area contributed by atoms with Gasteiger partial charge in [0, 0.05) is 19.8 Å². The van der Waals surface area contributed by atoms with Gasteiger partial charge in [0.2, 0.25) is 0 Å². The Kier molecular flexibility index (Phi) is 5.02. The van der Waals surface area contributed by atoms with Gasteiger partial charge in [-0.3, -0.25) is 0 Å². The summed E-state index contributed by atoms with van der Waals surface area (Å²) in [7, 11) is 4.00. The smallest absolute Gasteiger partial charge is 0.269 e. The van der Waals surface area contributed by atoms with Gasteiger partial charge in [-0.05, 0) is 48.4 Å². The number of allylic oxidation sites excluding steroid dienone is 6. The summed E-state index contributed by atoms with van der Waals surface area (Å²) in [5, 5.41) is 8.99. The fourth-order valence-corrected chi connectivity index (χ4v) is 2.09. The Balaban J connectivity index is 2.24. The van der Waals surface area contributed by atoms with Crippen molar-refractivity contribution in [3.8, 4) is 6.07 Å². The molecule has 4 heteroatoms. The topological polar surface area (TPSA) is 40.6 Å². The summed E-state index contributed by atoms with van der Waals surface area (Å²) >= 11 is 0. The van der Waals surface area contributed by atoms with E-state index in [1.807, 2.05) is 61.5 Å². The fourth-order valence-electron chi connectivity index (χ4n) is 2.09. The molecule has 1 aromatic carbocycles. The lowest BCUT2D eigenvalue weighted by molar-refractivity contribution is 0.318. The van der Waals surface area contributed by atoms with Gasteiger partial charge < -0.3 is 9.64 Å². The number of benzene rings is 1. The lowest BCUT2D eigenvalue weighted by Crippen LogP contribution is -2.07. The molecule has 1 heterocycles. The Labute approximate surface area is 136 Å². The monoisotopic (exact) mass is 303 g/mol. The molecule has 0 fully saturated rings. The molecule has 0 aromatic heterocycles. The van der Waals surface area contributed by atoms with Gasteiger partial charge in [-0.25, -0.2) is 10.1 Å². The van der Waals surface area contributed by atoms with E-state index in [2.05, 4.69) is 4.85 Å². The number of anilines is 1. The third-order valence-electron chi connectivity index (χ3n) is 3.28. The maximum atomic E-state index is 8.99. The standard InChI is InChI=1S/C19H17N3O/c1-14-11-16(19(13-20)21-2)12-18(23-14)10-7-15-5-8-17(9-6-15)22(3)4/h5-12H,1,3-4H3/b10-7+,19-16-. The molecule has 0 bridgehead atoms. The molecule has 0 saturated carbocycles. The van der Waals surface area contributed by atoms with E-state index in [0.29, 0.717) is 17.1 Å². The van der Waals surface area contributed by atoms with Gasteiger partial charge in [-0.2, -0.15) is 0 Å². The van der Waals surface area contributed by atoms with Crippen molar-refractivity contribution < 1.29 is 4.74 Å². The van der Waals surface area contributed by atoms with Gasteiger partial charge in [-0.1, -0.05) is 18.2 Å². The molecule has 0 radical (unpaired) electrons. The number of rotatable bonds is 3. The van der Waals surface area contributed by atoms with E-state index in [-0.39, 0.29) is 5.70 Å². The first-order chi connectivity index (χ1) is 11.0. The van der Waals surface area contributed by atoms with Gasteiger partial charge >= 0.3 is 0 Å². The van der Waals surface area contributed by atoms with Crippen molar-refractivity contribution >= 4 is 11.8 Å². The van der Waals surface area contributed by atoms with E-state index in [4.69, 9.17) is 16.6 Å². The molecule has 1 aromatic rings. The lowest BCUT2D eigenvalue weighted by atomic mass is 10.1. The quantitative estimate of drug-likeness (QED) is 0.618. The molecular formula is C19H17N3O. The highest BCUT2D eigenvalue weighted by Crippen LogP contribution is 2.23. The predicted octanol–water partition coefficient (Wildman–Crippen LogP) is 4.28. The minimum Gasteiger partial charge on any atom is -0.462 e. The summed E-state index contributed by atoms with van der Waals surface area (Å²) in [5.74, 6) is 1.26. The van der Waals surface area contributed by atoms with E-state index < -0.39 is 0 Å². The first kappa shape index (κ1) is 16.1. The molecule has 0 amide bonds. The van der Waals surface area contributed by atoms with Crippen LogP contribution >= 0.6 is 0 Å². The molecule has 23 heavy (non-hydrogen) atoms. The number of nitrogens with zero attached hydrogens (tertiary/aromatic N) is 3. The maximum Gasteiger partial charge on any atom is 0.269 e. The van der Waals surface area contributed by atoms with Crippen LogP contribution in [0.15, 0.2) is 65.3 Å². The predicted molar refractivity (Wildman–Crippen MR) is 92.0 cm³/mol. The molecular weight excluding hydrogens is 286 g/mol. The second-order valence-corrected chi connectivity index (χ2v) is 5.25. The average molecular weight is 303 g/mol. The summed E-state index contributed by atoms with van der Waals surface area (Å²) < 4.78 is 5.62. The molecule has 2 rings (SSSR count). The molecule has 0 atom stereocenters. The summed E-state index contributed by atoms with van der Waals surface area (Å²) in [5.41, 5.74) is 2.82. The molecule has 0 unspecified atom stereocenters. The Morgan fingerprint density at radius 2 is 1.91 bits per heavy atom. The van der Waals surface area contributed by atoms with E-state index in [1.165, 1.54) is 0 Å². The van der Waals surface area contributed by atoms with E-state index >= 15 is 0 Å². The van der Waals surface area contributed by atoms with Gasteiger partial charge in [0.25, 0.3) is 5.70 Å². The van der Waals surface area contributed by atoms with Crippen LogP contribution in [0.25, 0.3) is 10.9 Å². The first-order valence-corrected chi connectivity index (χ1v) is 7.08. The molecule has 0 N–H and O–H groups in total. The van der Waals surface area contributed by atoms with Crippen LogP contribution in [-0.2, 0) is 4.74 Å². The number of ether oxygens (including phenoxy) is 1. The Morgan fingerprint density at radius 3 is 2.48 bits per heavy atom. The SMILES string of the molecule is [C-]#[N+]/C(C#N)=C1/C=C(C)OC(/C=C/c2ccc(N(C)C)cc2)=C1. The number of nitriles is 1. The number of hydrogen-bond donors (Lipinski definition) is 0. The summed E-state index contributed by atoms with van der Waals surface area (Å²) in [6, 6.07) is 10.0. The highest BCUT2D eigenvalue weighted by atomic mass is 16.5. The van der Waals surface area contributed by atoms with Crippen molar-refractivity contribution in [1.82, 2.24) is 0 Å². The molecule has 1 aliphatic rings. The van der Waals surface area contributed by atoms with E-state index in [9.17, 15) is 0 Å². The highest BCUT2D eigenvalue weighted by Gasteiger charge is 2.10. The van der Waals surface area contributed by atoms with Crippen molar-refractivity contribution in [2.24, 2.45) is 0 Å². The molecule has 0 spiro atoms. The van der Waals surface area contributed by atoms with Crippen molar-refractivity contribution in [2.45, 2.75) is 6.92 Å². The van der Waals surface area contributed by atoms with Crippen LogP contribution < -0.4 is 4.90 Å². The summed E-state index contributed by atoms with van der Waals surface area (Å²) in [6.07, 6.45) is 7.17. The van der Waals surface area contributed by atoms with Gasteiger partial charge in [0.15, 0.2) is 0 Å². The fraction of sp³-hybridized carbons (Fsp3) is 0.158. The van der Waals surface area contributed by atoms with Crippen LogP contribution in [0.2, 0.25) is 0 Å². The first-order valence-electron chi connectivity index (χ1n) is 7.08. The van der Waals surface area contributed by atoms with Crippen LogP contribution in [0.4, 0.5) is 5.69 Å². The highest BCUT2D eigenvalue weighted by molar-refractivity contribution is 5.58. The Hall–Kier alpha value is -3.24. The Morgan fingerprint density at radius 1 is 1.22 bits per heavy atom. The zero-order chi connectivity index (χ0) is 16.8. The van der Waals surface area contributed by atoms with E-state index in [1.54, 1.807) is 19.1 Å². The molecule has 0 aliphatic carbocycles. The Bertz CT molecular complexity index is 779. The van der Waals surface area contributed by atoms with E-state index in [0.717, 1.165) is 11.3 Å². The average Bonchev–Trinajstić information content (AvgIpc) is 2.54. The minimum absolute atomic E-state index is 0.0638. The second kappa shape index (κ2) is 7.15. The van der Waals surface area contributed by atoms with Gasteiger partial charge in [-0.15, -0.1) is 0 Å². The zero-order valence-electron chi connectivity index (χ0n) is 13.4. The van der Waals surface area contributed by atoms with Crippen molar-refractivity contribution in [2.75, 3.05) is 19.0 Å². The van der Waals surface area contributed by atoms with Gasteiger partial charge in [0.05, 0.1) is 12.6 Å². The van der Waals surface area contributed by atoms with Crippen LogP contribution in [0.5, 0.6) is 0 Å². The van der Waals surface area contributed by atoms with Crippen molar-refractivity contribution in [1.29, 1.82) is 5.26 Å². The molecule has 1 aliphatic heterocycles. The van der Waals surface area contributed by atoms with Crippen LogP contribution in [0.3, 0.4) is 0 Å². The number of hydrogen-bond acceptors (Lipinski definition) is 3. The van der Waals surface area contributed by atoms with Crippen LogP contribution in [0.1, 0.15) is 12.5 Å². The minimum atomic E-state index is 0.0638. The summed E-state index contributed by atoms with van der Waals surface area (Å²) in [6.45, 7) is 8.84. The lowest BCUT2D eigenvalue weighted by Gasteiger charge is -2.13. The van der Waals surface area contributed by atoms with Gasteiger partial charge in [0.1, 0.15) is 11.5 Å². The molecule has 4 nitrogen and oxygen atoms in total. The summed E-state index contributed by atoms with van der Waals surface area (Å²) in [4.78, 5) is 5.28. The third-order valence-corrected chi connectivity index (χ3v) is 3.28. The third kappa shape index (κ3) is 4.12. The normalized spacial score (nSPS) is 15.9. The molecule has 114 valence electrons. The maximum absolute atomic E-state index is 8.99. The second-order valence-electron chi connectivity index (χ2n) is 5.25. The largest absolute Gasteiger partial charge is 0.462 e. The zero-order valence-corrected chi connectivity index (χ0v) is 13.4. The van der Waals surface area contributed by atoms with Crippen molar-refractivity contribution in [3.63, 3.8) is 0 Å². The van der Waals surface area contributed by atoms with Crippen molar-refractivity contribution in [3.05, 3.63) is 82.3 Å². The molecule has 0 saturated heterocycles.